The van der Waals surface area contributed by atoms with Crippen LogP contribution in [0.15, 0.2) is 35.5 Å². The Morgan fingerprint density at radius 2 is 1.62 bits per heavy atom. The zero-order chi connectivity index (χ0) is 28.4. The normalized spacial score (nSPS) is 52.1. The van der Waals surface area contributed by atoms with Gasteiger partial charge in [0.2, 0.25) is 0 Å². The summed E-state index contributed by atoms with van der Waals surface area (Å²) in [5, 5.41) is 36.1. The van der Waals surface area contributed by atoms with Crippen LogP contribution in [0.1, 0.15) is 60.3 Å². The Morgan fingerprint density at radius 3 is 2.21 bits per heavy atom. The molecular formula is C31H43NO7. The average molecular weight is 542 g/mol. The van der Waals surface area contributed by atoms with E-state index in [9.17, 15) is 24.9 Å². The Kier molecular flexibility index (Phi) is 5.77. The van der Waals surface area contributed by atoms with Gasteiger partial charge in [-0.2, -0.15) is 0 Å². The van der Waals surface area contributed by atoms with Gasteiger partial charge in [-0.25, -0.2) is 9.59 Å². The quantitative estimate of drug-likeness (QED) is 0.283. The molecule has 1 heterocycles. The Hall–Kier alpha value is -2.00. The summed E-state index contributed by atoms with van der Waals surface area (Å²) in [5.41, 5.74) is -1.88. The highest BCUT2D eigenvalue weighted by Crippen LogP contribution is 2.84. The number of hydrogen-bond acceptors (Lipinski definition) is 8. The molecule has 3 N–H and O–H groups in total. The van der Waals surface area contributed by atoms with E-state index in [1.165, 1.54) is 0 Å². The molecule has 2 spiro atoms. The van der Waals surface area contributed by atoms with E-state index >= 15 is 0 Å². The van der Waals surface area contributed by atoms with Crippen LogP contribution in [0.5, 0.6) is 0 Å². The molecule has 8 heteroatoms. The predicted octanol–water partition coefficient (Wildman–Crippen LogP) is 2.52. The van der Waals surface area contributed by atoms with E-state index in [2.05, 4.69) is 18.5 Å². The van der Waals surface area contributed by atoms with Crippen molar-refractivity contribution >= 4 is 11.9 Å². The van der Waals surface area contributed by atoms with Crippen molar-refractivity contribution in [2.75, 3.05) is 13.6 Å². The van der Waals surface area contributed by atoms with Gasteiger partial charge in [-0.1, -0.05) is 31.2 Å². The van der Waals surface area contributed by atoms with Gasteiger partial charge >= 0.3 is 11.9 Å². The first-order valence-electron chi connectivity index (χ1n) is 14.4. The van der Waals surface area contributed by atoms with Crippen LogP contribution in [0.4, 0.5) is 0 Å². The molecular weight excluding hydrogens is 498 g/mol. The maximum absolute atomic E-state index is 13.4. The number of ether oxygens (including phenoxy) is 2. The first kappa shape index (κ1) is 27.2. The number of rotatable bonds is 4. The van der Waals surface area contributed by atoms with E-state index < -0.39 is 64.1 Å². The molecule has 6 bridgehead atoms. The van der Waals surface area contributed by atoms with Gasteiger partial charge in [-0.15, -0.1) is 0 Å². The Bertz CT molecular complexity index is 1210. The molecule has 0 radical (unpaired) electrons. The summed E-state index contributed by atoms with van der Waals surface area (Å²) in [4.78, 5) is 28.9. The molecule has 1 aliphatic heterocycles. The van der Waals surface area contributed by atoms with Gasteiger partial charge in [-0.3, -0.25) is 0 Å². The molecule has 5 aliphatic carbocycles. The summed E-state index contributed by atoms with van der Waals surface area (Å²) in [5.74, 6) is -1.76. The molecule has 8 nitrogen and oxygen atoms in total. The lowest BCUT2D eigenvalue weighted by molar-refractivity contribution is -0.342. The number of esters is 2. The summed E-state index contributed by atoms with van der Waals surface area (Å²) in [6.07, 6.45) is 1.73. The number of aliphatic hydroxyl groups excluding tert-OH is 2. The van der Waals surface area contributed by atoms with Crippen LogP contribution >= 0.6 is 0 Å². The first-order valence-corrected chi connectivity index (χ1v) is 14.4. The Morgan fingerprint density at radius 1 is 1.03 bits per heavy atom. The Labute approximate surface area is 230 Å². The maximum atomic E-state index is 13.4. The van der Waals surface area contributed by atoms with Gasteiger partial charge in [0.05, 0.1) is 12.2 Å². The molecule has 6 fully saturated rings. The highest BCUT2D eigenvalue weighted by atomic mass is 16.6. The smallest absolute Gasteiger partial charge is 0.333 e. The molecule has 214 valence electrons. The van der Waals surface area contributed by atoms with Crippen molar-refractivity contribution in [3.8, 4) is 0 Å². The van der Waals surface area contributed by atoms with E-state index in [-0.39, 0.29) is 17.9 Å². The van der Waals surface area contributed by atoms with E-state index in [0.717, 1.165) is 5.57 Å². The van der Waals surface area contributed by atoms with Crippen molar-refractivity contribution in [1.82, 2.24) is 4.90 Å². The minimum absolute atomic E-state index is 0.0694. The number of allylic oxidation sites excluding steroid dienone is 2. The average Bonchev–Trinajstić information content (AvgIpc) is 3.14. The summed E-state index contributed by atoms with van der Waals surface area (Å²) < 4.78 is 12.6. The molecule has 6 aliphatic rings. The van der Waals surface area contributed by atoms with Crippen molar-refractivity contribution in [2.24, 2.45) is 34.0 Å². The zero-order valence-corrected chi connectivity index (χ0v) is 23.9. The summed E-state index contributed by atoms with van der Waals surface area (Å²) >= 11 is 0. The molecule has 0 amide bonds. The molecule has 2 unspecified atom stereocenters. The van der Waals surface area contributed by atoms with Crippen LogP contribution in [0.25, 0.3) is 0 Å². The standard InChI is InChI=1S/C31H43NO7/c1-8-15(3)26(35)38-22-20-17(5)10-29-13-19(34)31(37)28(6)11-18(33)12-30(31,25(21(20)29)32(7)14-28)24(29)23(22)39-27(36)16(4)9-2/h8-9,18-25,33-34,37H,5,10-14H2,1-4,6-7H3/b15-8+,16-9+/t18-,19-,20-,21?,22+,23+,24+,25?,28-,29-,30-,31-/m0/s1. The molecule has 5 saturated carbocycles. The van der Waals surface area contributed by atoms with Crippen LogP contribution in [-0.4, -0.2) is 81.8 Å². The van der Waals surface area contributed by atoms with E-state index in [1.54, 1.807) is 39.8 Å². The second-order valence-corrected chi connectivity index (χ2v) is 13.8. The van der Waals surface area contributed by atoms with Crippen molar-refractivity contribution < 1.29 is 34.4 Å². The molecule has 0 aromatic heterocycles. The summed E-state index contributed by atoms with van der Waals surface area (Å²) in [6.45, 7) is 13.9. The van der Waals surface area contributed by atoms with Gasteiger partial charge in [-0.05, 0) is 71.8 Å². The van der Waals surface area contributed by atoms with Crippen molar-refractivity contribution in [3.05, 3.63) is 35.5 Å². The number of hydrogen-bond donors (Lipinski definition) is 3. The third kappa shape index (κ3) is 2.94. The van der Waals surface area contributed by atoms with Gasteiger partial charge in [0.1, 0.15) is 17.8 Å². The van der Waals surface area contributed by atoms with E-state index in [4.69, 9.17) is 9.47 Å². The van der Waals surface area contributed by atoms with Gasteiger partial charge in [0.25, 0.3) is 0 Å². The van der Waals surface area contributed by atoms with Crippen LogP contribution < -0.4 is 0 Å². The Balaban J connectivity index is 1.61. The lowest BCUT2D eigenvalue weighted by Gasteiger charge is -2.72. The third-order valence-electron chi connectivity index (χ3n) is 12.1. The lowest BCUT2D eigenvalue weighted by atomic mass is 9.38. The second kappa shape index (κ2) is 8.28. The summed E-state index contributed by atoms with van der Waals surface area (Å²) in [6, 6.07) is -0.201. The second-order valence-electron chi connectivity index (χ2n) is 13.8. The third-order valence-corrected chi connectivity index (χ3v) is 12.1. The molecule has 0 aromatic carbocycles. The maximum Gasteiger partial charge on any atom is 0.333 e. The molecule has 6 rings (SSSR count). The number of carbonyl (C=O) groups excluding carboxylic acids is 2. The number of carbonyl (C=O) groups is 2. The highest BCUT2D eigenvalue weighted by Gasteiger charge is 2.90. The fraction of sp³-hybridized carbons (Fsp3) is 0.742. The van der Waals surface area contributed by atoms with Crippen LogP contribution in [0.3, 0.4) is 0 Å². The number of aliphatic hydroxyl groups is 3. The fourth-order valence-electron chi connectivity index (χ4n) is 11.1. The lowest BCUT2D eigenvalue weighted by Crippen LogP contribution is -2.82. The molecule has 39 heavy (non-hydrogen) atoms. The molecule has 1 saturated heterocycles. The van der Waals surface area contributed by atoms with Gasteiger partial charge in [0, 0.05) is 46.4 Å². The SMILES string of the molecule is C=C1C[C@]23C[C@H](O)[C@]4(O)[C@@]5(C)C[C@H](O)C[C@]46C(C2[C@H]1[C@@H](OC(=O)/C(C)=C/C)[C@@H](OC(=O)/C(C)=C/C)[C@H]36)N(C)C5. The number of likely N-dealkylation sites (tertiary alicyclic amines) is 1. The van der Waals surface area contributed by atoms with Gasteiger partial charge in [0.15, 0.2) is 0 Å². The largest absolute Gasteiger partial charge is 0.455 e. The molecule has 12 atom stereocenters. The van der Waals surface area contributed by atoms with Crippen LogP contribution in [-0.2, 0) is 19.1 Å². The number of nitrogens with zero attached hydrogens (tertiary/aromatic N) is 1. The van der Waals surface area contributed by atoms with Crippen LogP contribution in [0, 0.1) is 34.0 Å². The van der Waals surface area contributed by atoms with Crippen LogP contribution in [0.2, 0.25) is 0 Å². The number of piperidine rings is 1. The minimum atomic E-state index is -1.50. The molecule has 0 aromatic rings. The van der Waals surface area contributed by atoms with E-state index in [0.29, 0.717) is 43.4 Å². The monoisotopic (exact) mass is 541 g/mol. The van der Waals surface area contributed by atoms with Gasteiger partial charge < -0.3 is 29.7 Å². The zero-order valence-electron chi connectivity index (χ0n) is 23.9. The topological polar surface area (TPSA) is 117 Å². The van der Waals surface area contributed by atoms with Crippen molar-refractivity contribution in [1.29, 1.82) is 0 Å². The first-order chi connectivity index (χ1) is 18.2. The highest BCUT2D eigenvalue weighted by molar-refractivity contribution is 5.89. The fourth-order valence-corrected chi connectivity index (χ4v) is 11.1. The van der Waals surface area contributed by atoms with Crippen molar-refractivity contribution in [2.45, 2.75) is 96.4 Å². The minimum Gasteiger partial charge on any atom is -0.455 e. The summed E-state index contributed by atoms with van der Waals surface area (Å²) in [7, 11) is 2.07. The van der Waals surface area contributed by atoms with E-state index in [1.807, 2.05) is 6.92 Å². The van der Waals surface area contributed by atoms with Crippen molar-refractivity contribution in [3.63, 3.8) is 0 Å². The predicted molar refractivity (Wildman–Crippen MR) is 143 cm³/mol.